The minimum Gasteiger partial charge on any atom is -0.487 e. The molecule has 0 aliphatic heterocycles. The number of ether oxygens (including phenoxy) is 1. The fourth-order valence-electron chi connectivity index (χ4n) is 2.00. The second-order valence-electron chi connectivity index (χ2n) is 4.63. The molecule has 0 spiro atoms. The van der Waals surface area contributed by atoms with Gasteiger partial charge in [-0.1, -0.05) is 6.07 Å². The fraction of sp³-hybridized carbons (Fsp3) is 0.133. The number of carboxylic acids is 1. The Balaban J connectivity index is 1.75. The number of hydrogen-bond donors (Lipinski definition) is 2. The number of carboxylic acid groups (broad SMARTS) is 1. The highest BCUT2D eigenvalue weighted by atomic mass is 16.5. The Bertz CT molecular complexity index is 829. The highest BCUT2D eigenvalue weighted by Crippen LogP contribution is 2.15. The number of rotatable bonds is 5. The van der Waals surface area contributed by atoms with E-state index in [1.54, 1.807) is 29.9 Å². The number of nitrogens with zero attached hydrogens (tertiary/aromatic N) is 3. The molecule has 2 heterocycles. The van der Waals surface area contributed by atoms with E-state index in [1.165, 1.54) is 12.1 Å². The number of aromatic carboxylic acids is 1. The lowest BCUT2D eigenvalue weighted by atomic mass is 10.2. The van der Waals surface area contributed by atoms with Gasteiger partial charge >= 0.3 is 5.97 Å². The van der Waals surface area contributed by atoms with Gasteiger partial charge in [0, 0.05) is 7.05 Å². The number of aromatic nitrogens is 3. The summed E-state index contributed by atoms with van der Waals surface area (Å²) >= 11 is 0. The number of carbonyl (C=O) groups is 1. The van der Waals surface area contributed by atoms with Gasteiger partial charge in [0.2, 0.25) is 0 Å². The molecule has 0 radical (unpaired) electrons. The molecule has 0 saturated heterocycles. The van der Waals surface area contributed by atoms with Gasteiger partial charge in [-0.2, -0.15) is 5.10 Å². The predicted octanol–water partition coefficient (Wildman–Crippen LogP) is 2.05. The van der Waals surface area contributed by atoms with Crippen molar-refractivity contribution in [1.29, 1.82) is 0 Å². The normalized spacial score (nSPS) is 10.6. The zero-order valence-corrected chi connectivity index (χ0v) is 11.9. The molecule has 7 heteroatoms. The molecule has 0 saturated carbocycles. The van der Waals surface area contributed by atoms with E-state index in [0.717, 1.165) is 11.5 Å². The average Bonchev–Trinajstić information content (AvgIpc) is 2.95. The minimum absolute atomic E-state index is 0.189. The summed E-state index contributed by atoms with van der Waals surface area (Å²) in [4.78, 5) is 15.2. The summed E-state index contributed by atoms with van der Waals surface area (Å²) in [6, 6.07) is 10.0. The van der Waals surface area contributed by atoms with Crippen molar-refractivity contribution in [1.82, 2.24) is 14.6 Å². The van der Waals surface area contributed by atoms with Crippen molar-refractivity contribution in [2.45, 2.75) is 6.61 Å². The molecule has 2 aromatic heterocycles. The first kappa shape index (κ1) is 13.9. The molecule has 0 bridgehead atoms. The molecule has 0 amide bonds. The van der Waals surface area contributed by atoms with Crippen LogP contribution in [0.4, 0.5) is 5.82 Å². The first-order valence-corrected chi connectivity index (χ1v) is 6.65. The molecule has 0 atom stereocenters. The fourth-order valence-corrected chi connectivity index (χ4v) is 2.00. The summed E-state index contributed by atoms with van der Waals surface area (Å²) in [5.41, 5.74) is 1.64. The number of anilines is 1. The van der Waals surface area contributed by atoms with Crippen molar-refractivity contribution in [3.8, 4) is 5.75 Å². The number of nitrogens with one attached hydrogen (secondary N) is 1. The molecule has 3 rings (SSSR count). The van der Waals surface area contributed by atoms with Crippen molar-refractivity contribution in [3.63, 3.8) is 0 Å². The summed E-state index contributed by atoms with van der Waals surface area (Å²) in [7, 11) is 1.79. The molecule has 0 aliphatic carbocycles. The van der Waals surface area contributed by atoms with Crippen LogP contribution in [-0.4, -0.2) is 32.7 Å². The van der Waals surface area contributed by atoms with E-state index < -0.39 is 5.97 Å². The molecular weight excluding hydrogens is 284 g/mol. The minimum atomic E-state index is -0.983. The molecule has 22 heavy (non-hydrogen) atoms. The lowest BCUT2D eigenvalue weighted by Crippen LogP contribution is -2.03. The van der Waals surface area contributed by atoms with Crippen LogP contribution in [-0.2, 0) is 6.61 Å². The molecule has 2 N–H and O–H groups in total. The molecule has 0 fully saturated rings. The van der Waals surface area contributed by atoms with Gasteiger partial charge in [0.05, 0.1) is 17.5 Å². The average molecular weight is 298 g/mol. The van der Waals surface area contributed by atoms with Crippen LogP contribution in [0.2, 0.25) is 0 Å². The predicted molar refractivity (Wildman–Crippen MR) is 80.3 cm³/mol. The Labute approximate surface area is 126 Å². The maximum atomic E-state index is 10.9. The maximum Gasteiger partial charge on any atom is 0.335 e. The van der Waals surface area contributed by atoms with Crippen LogP contribution in [0.3, 0.4) is 0 Å². The van der Waals surface area contributed by atoms with Crippen LogP contribution in [0.25, 0.3) is 5.65 Å². The molecule has 7 nitrogen and oxygen atoms in total. The lowest BCUT2D eigenvalue weighted by molar-refractivity contribution is 0.0696. The second-order valence-corrected chi connectivity index (χ2v) is 4.63. The first-order valence-electron chi connectivity index (χ1n) is 6.65. The Morgan fingerprint density at radius 1 is 1.36 bits per heavy atom. The molecule has 0 unspecified atom stereocenters. The summed E-state index contributed by atoms with van der Waals surface area (Å²) in [6.45, 7) is 0.242. The topological polar surface area (TPSA) is 88.8 Å². The largest absolute Gasteiger partial charge is 0.487 e. The molecule has 3 aromatic rings. The van der Waals surface area contributed by atoms with Gasteiger partial charge in [-0.05, 0) is 30.3 Å². The maximum absolute atomic E-state index is 10.9. The number of fused-ring (bicyclic) bond motifs is 1. The summed E-state index contributed by atoms with van der Waals surface area (Å²) in [6.07, 6.45) is 1.78. The van der Waals surface area contributed by atoms with Gasteiger partial charge in [-0.3, -0.25) is 0 Å². The number of imidazole rings is 1. The Kier molecular flexibility index (Phi) is 3.61. The van der Waals surface area contributed by atoms with E-state index in [1.807, 2.05) is 12.1 Å². The van der Waals surface area contributed by atoms with Gasteiger partial charge in [0.25, 0.3) is 0 Å². The van der Waals surface area contributed by atoms with Crippen molar-refractivity contribution in [2.75, 3.05) is 12.4 Å². The van der Waals surface area contributed by atoms with E-state index in [4.69, 9.17) is 9.84 Å². The molecule has 0 aliphatic rings. The monoisotopic (exact) mass is 298 g/mol. The van der Waals surface area contributed by atoms with Crippen molar-refractivity contribution >= 4 is 17.4 Å². The third-order valence-electron chi connectivity index (χ3n) is 3.10. The first-order chi connectivity index (χ1) is 10.7. The highest BCUT2D eigenvalue weighted by molar-refractivity contribution is 5.87. The smallest absolute Gasteiger partial charge is 0.335 e. The van der Waals surface area contributed by atoms with Crippen LogP contribution in [0.15, 0.2) is 42.6 Å². The van der Waals surface area contributed by atoms with E-state index in [-0.39, 0.29) is 12.2 Å². The third kappa shape index (κ3) is 2.83. The van der Waals surface area contributed by atoms with Crippen LogP contribution >= 0.6 is 0 Å². The van der Waals surface area contributed by atoms with Crippen LogP contribution < -0.4 is 10.1 Å². The van der Waals surface area contributed by atoms with Crippen LogP contribution in [0.1, 0.15) is 16.1 Å². The zero-order valence-electron chi connectivity index (χ0n) is 11.9. The Morgan fingerprint density at radius 2 is 2.23 bits per heavy atom. The quantitative estimate of drug-likeness (QED) is 0.749. The summed E-state index contributed by atoms with van der Waals surface area (Å²) in [5, 5.41) is 16.3. The van der Waals surface area contributed by atoms with Gasteiger partial charge in [0.1, 0.15) is 18.2 Å². The van der Waals surface area contributed by atoms with Gasteiger partial charge in [-0.25, -0.2) is 14.3 Å². The van der Waals surface area contributed by atoms with E-state index >= 15 is 0 Å². The van der Waals surface area contributed by atoms with Gasteiger partial charge in [-0.15, -0.1) is 0 Å². The zero-order chi connectivity index (χ0) is 15.5. The third-order valence-corrected chi connectivity index (χ3v) is 3.10. The van der Waals surface area contributed by atoms with E-state index in [2.05, 4.69) is 15.4 Å². The van der Waals surface area contributed by atoms with Crippen LogP contribution in [0.5, 0.6) is 5.75 Å². The van der Waals surface area contributed by atoms with Crippen molar-refractivity contribution < 1.29 is 14.6 Å². The molecule has 1 aromatic carbocycles. The molecular formula is C15H14N4O3. The highest BCUT2D eigenvalue weighted by Gasteiger charge is 2.06. The van der Waals surface area contributed by atoms with Crippen molar-refractivity contribution in [2.24, 2.45) is 0 Å². The van der Waals surface area contributed by atoms with Gasteiger partial charge < -0.3 is 15.2 Å². The lowest BCUT2D eigenvalue weighted by Gasteiger charge is -2.06. The van der Waals surface area contributed by atoms with Crippen LogP contribution in [0, 0.1) is 0 Å². The van der Waals surface area contributed by atoms with E-state index in [9.17, 15) is 4.79 Å². The van der Waals surface area contributed by atoms with Gasteiger partial charge in [0.15, 0.2) is 5.65 Å². The van der Waals surface area contributed by atoms with E-state index in [0.29, 0.717) is 11.4 Å². The number of hydrogen-bond acceptors (Lipinski definition) is 5. The van der Waals surface area contributed by atoms with Crippen molar-refractivity contribution in [3.05, 3.63) is 53.9 Å². The summed E-state index contributed by atoms with van der Waals surface area (Å²) < 4.78 is 7.25. The SMILES string of the molecule is CNc1cn2nc(COc3cccc(C(=O)O)c3)ccc2n1. The Morgan fingerprint density at radius 3 is 3.00 bits per heavy atom. The second kappa shape index (κ2) is 5.72. The number of benzene rings is 1. The summed E-state index contributed by atoms with van der Waals surface area (Å²) in [5.74, 6) is 0.242. The molecule has 112 valence electrons. The Hall–Kier alpha value is -3.09. The standard InChI is InChI=1S/C15H14N4O3/c1-16-13-8-19-14(17-13)6-5-11(18-19)9-22-12-4-2-3-10(7-12)15(20)21/h2-8,16H,9H2,1H3,(H,20,21).